The number of aromatic nitrogens is 4. The average molecular weight is 237 g/mol. The Morgan fingerprint density at radius 2 is 2.25 bits per heavy atom. The van der Waals surface area contributed by atoms with Crippen molar-refractivity contribution in [3.63, 3.8) is 0 Å². The molecule has 0 fully saturated rings. The molecule has 0 aliphatic carbocycles. The second-order valence-electron chi connectivity index (χ2n) is 3.34. The van der Waals surface area contributed by atoms with Gasteiger partial charge in [-0.2, -0.15) is 10.1 Å². The highest BCUT2D eigenvalue weighted by Crippen LogP contribution is 2.24. The molecule has 0 saturated carbocycles. The summed E-state index contributed by atoms with van der Waals surface area (Å²) in [5.41, 5.74) is 0.796. The Hall–Kier alpha value is -1.30. The first-order valence-corrected chi connectivity index (χ1v) is 6.41. The summed E-state index contributed by atoms with van der Waals surface area (Å²) >= 11 is 1.71. The minimum atomic E-state index is 0.676. The molecule has 2 aromatic heterocycles. The van der Waals surface area contributed by atoms with Crippen LogP contribution in [0.3, 0.4) is 0 Å². The molecule has 86 valence electrons. The maximum Gasteiger partial charge on any atom is 0.225 e. The fourth-order valence-corrected chi connectivity index (χ4v) is 2.10. The van der Waals surface area contributed by atoms with Gasteiger partial charge in [-0.25, -0.2) is 4.98 Å². The molecular formula is C10H15N5S. The topological polar surface area (TPSA) is 66.5 Å². The first-order chi connectivity index (χ1) is 7.85. The fraction of sp³-hybridized carbons (Fsp3) is 0.500. The standard InChI is InChI=1S/C10H15N5S/c1-3-5-11-10-13-8-7(6-12-15-8)9(14-10)16-4-2/h6H,3-5H2,1-2H3,(H2,11,12,13,14,15). The third-order valence-electron chi connectivity index (χ3n) is 2.09. The van der Waals surface area contributed by atoms with E-state index in [1.165, 1.54) is 0 Å². The van der Waals surface area contributed by atoms with Crippen LogP contribution in [-0.2, 0) is 0 Å². The van der Waals surface area contributed by atoms with Crippen molar-refractivity contribution in [1.82, 2.24) is 20.2 Å². The van der Waals surface area contributed by atoms with Crippen LogP contribution in [-0.4, -0.2) is 32.5 Å². The summed E-state index contributed by atoms with van der Waals surface area (Å²) in [6.07, 6.45) is 2.83. The quantitative estimate of drug-likeness (QED) is 0.617. The van der Waals surface area contributed by atoms with E-state index in [2.05, 4.69) is 39.3 Å². The molecule has 16 heavy (non-hydrogen) atoms. The summed E-state index contributed by atoms with van der Waals surface area (Å²) in [5.74, 6) is 1.67. The molecule has 0 aliphatic rings. The lowest BCUT2D eigenvalue weighted by molar-refractivity contribution is 0.943. The third-order valence-corrected chi connectivity index (χ3v) is 2.96. The number of aromatic amines is 1. The van der Waals surface area contributed by atoms with E-state index in [-0.39, 0.29) is 0 Å². The van der Waals surface area contributed by atoms with Gasteiger partial charge in [0.15, 0.2) is 5.65 Å². The zero-order valence-electron chi connectivity index (χ0n) is 9.45. The van der Waals surface area contributed by atoms with E-state index in [0.717, 1.165) is 34.8 Å². The van der Waals surface area contributed by atoms with Crippen LogP contribution < -0.4 is 5.32 Å². The highest BCUT2D eigenvalue weighted by molar-refractivity contribution is 7.99. The van der Waals surface area contributed by atoms with Gasteiger partial charge >= 0.3 is 0 Å². The largest absolute Gasteiger partial charge is 0.354 e. The van der Waals surface area contributed by atoms with Crippen molar-refractivity contribution < 1.29 is 0 Å². The molecule has 2 heterocycles. The lowest BCUT2D eigenvalue weighted by atomic mass is 10.4. The summed E-state index contributed by atoms with van der Waals surface area (Å²) in [6, 6.07) is 0. The maximum absolute atomic E-state index is 4.48. The van der Waals surface area contributed by atoms with Crippen LogP contribution >= 0.6 is 11.8 Å². The van der Waals surface area contributed by atoms with Crippen LogP contribution in [0.4, 0.5) is 5.95 Å². The second kappa shape index (κ2) is 5.16. The van der Waals surface area contributed by atoms with E-state index >= 15 is 0 Å². The van der Waals surface area contributed by atoms with E-state index in [9.17, 15) is 0 Å². The molecule has 6 heteroatoms. The minimum Gasteiger partial charge on any atom is -0.354 e. The summed E-state index contributed by atoms with van der Waals surface area (Å²) in [5, 5.41) is 12.0. The summed E-state index contributed by atoms with van der Waals surface area (Å²) in [7, 11) is 0. The van der Waals surface area contributed by atoms with Crippen molar-refractivity contribution >= 4 is 28.7 Å². The highest BCUT2D eigenvalue weighted by atomic mass is 32.2. The van der Waals surface area contributed by atoms with E-state index < -0.39 is 0 Å². The molecule has 5 nitrogen and oxygen atoms in total. The van der Waals surface area contributed by atoms with Crippen molar-refractivity contribution in [3.05, 3.63) is 6.20 Å². The molecule has 2 aromatic rings. The molecule has 0 saturated heterocycles. The third kappa shape index (κ3) is 2.27. The Bertz CT molecular complexity index is 467. The average Bonchev–Trinajstić information content (AvgIpc) is 2.75. The monoisotopic (exact) mass is 237 g/mol. The number of nitrogens with one attached hydrogen (secondary N) is 2. The first-order valence-electron chi connectivity index (χ1n) is 5.43. The van der Waals surface area contributed by atoms with Crippen LogP contribution in [0.2, 0.25) is 0 Å². The Balaban J connectivity index is 2.36. The van der Waals surface area contributed by atoms with Crippen LogP contribution in [0, 0.1) is 0 Å². The zero-order chi connectivity index (χ0) is 11.4. The molecule has 0 atom stereocenters. The molecule has 0 spiro atoms. The molecular weight excluding hydrogens is 222 g/mol. The Morgan fingerprint density at radius 3 is 3.00 bits per heavy atom. The van der Waals surface area contributed by atoms with Crippen molar-refractivity contribution in [2.45, 2.75) is 25.3 Å². The number of fused-ring (bicyclic) bond motifs is 1. The van der Waals surface area contributed by atoms with Gasteiger partial charge in [0, 0.05) is 6.54 Å². The predicted octanol–water partition coefficient (Wildman–Crippen LogP) is 2.29. The summed E-state index contributed by atoms with van der Waals surface area (Å²) in [6.45, 7) is 5.11. The zero-order valence-corrected chi connectivity index (χ0v) is 10.3. The smallest absolute Gasteiger partial charge is 0.225 e. The van der Waals surface area contributed by atoms with Crippen LogP contribution in [0.25, 0.3) is 11.0 Å². The Labute approximate surface area is 98.4 Å². The van der Waals surface area contributed by atoms with Gasteiger partial charge in [-0.15, -0.1) is 11.8 Å². The first kappa shape index (κ1) is 11.2. The van der Waals surface area contributed by atoms with E-state index in [4.69, 9.17) is 0 Å². The maximum atomic E-state index is 4.48. The van der Waals surface area contributed by atoms with Crippen molar-refractivity contribution in [2.24, 2.45) is 0 Å². The molecule has 2 rings (SSSR count). The van der Waals surface area contributed by atoms with E-state index in [1.54, 1.807) is 18.0 Å². The molecule has 0 aromatic carbocycles. The van der Waals surface area contributed by atoms with Gasteiger partial charge in [0.05, 0.1) is 11.6 Å². The van der Waals surface area contributed by atoms with E-state index in [1.807, 2.05) is 0 Å². The van der Waals surface area contributed by atoms with Crippen LogP contribution in [0.15, 0.2) is 11.2 Å². The normalized spacial score (nSPS) is 10.9. The van der Waals surface area contributed by atoms with Gasteiger partial charge in [0.25, 0.3) is 0 Å². The van der Waals surface area contributed by atoms with Gasteiger partial charge in [-0.05, 0) is 12.2 Å². The second-order valence-corrected chi connectivity index (χ2v) is 4.60. The van der Waals surface area contributed by atoms with Gasteiger partial charge in [0.2, 0.25) is 5.95 Å². The minimum absolute atomic E-state index is 0.676. The number of rotatable bonds is 5. The molecule has 2 N–H and O–H groups in total. The van der Waals surface area contributed by atoms with E-state index in [0.29, 0.717) is 5.95 Å². The predicted molar refractivity (Wildman–Crippen MR) is 66.9 cm³/mol. The number of nitrogens with zero attached hydrogens (tertiary/aromatic N) is 3. The van der Waals surface area contributed by atoms with Gasteiger partial charge in [-0.1, -0.05) is 13.8 Å². The molecule has 0 unspecified atom stereocenters. The highest BCUT2D eigenvalue weighted by Gasteiger charge is 2.08. The number of H-pyrrole nitrogens is 1. The van der Waals surface area contributed by atoms with Crippen molar-refractivity contribution in [1.29, 1.82) is 0 Å². The van der Waals surface area contributed by atoms with Gasteiger partial charge in [0.1, 0.15) is 5.03 Å². The lowest BCUT2D eigenvalue weighted by Crippen LogP contribution is -2.05. The number of hydrogen-bond acceptors (Lipinski definition) is 5. The lowest BCUT2D eigenvalue weighted by Gasteiger charge is -2.05. The van der Waals surface area contributed by atoms with Crippen molar-refractivity contribution in [2.75, 3.05) is 17.6 Å². The van der Waals surface area contributed by atoms with Crippen LogP contribution in [0.5, 0.6) is 0 Å². The van der Waals surface area contributed by atoms with Crippen molar-refractivity contribution in [3.8, 4) is 0 Å². The summed E-state index contributed by atoms with van der Waals surface area (Å²) in [4.78, 5) is 8.84. The number of thioether (sulfide) groups is 1. The SMILES string of the molecule is CCCNc1nc(SCC)c2cn[nH]c2n1. The fourth-order valence-electron chi connectivity index (χ4n) is 1.37. The van der Waals surface area contributed by atoms with Gasteiger partial charge < -0.3 is 5.32 Å². The number of anilines is 1. The van der Waals surface area contributed by atoms with Gasteiger partial charge in [-0.3, -0.25) is 5.10 Å². The molecule has 0 amide bonds. The molecule has 0 aliphatic heterocycles. The Morgan fingerprint density at radius 1 is 1.38 bits per heavy atom. The number of hydrogen-bond donors (Lipinski definition) is 2. The molecule has 0 bridgehead atoms. The summed E-state index contributed by atoms with van der Waals surface area (Å²) < 4.78 is 0. The Kier molecular flexibility index (Phi) is 3.61. The van der Waals surface area contributed by atoms with Crippen LogP contribution in [0.1, 0.15) is 20.3 Å². The molecule has 0 radical (unpaired) electrons.